The molecule has 1 fully saturated rings. The molecule has 1 rings (SSSR count). The number of nitrogens with zero attached hydrogens (tertiary/aromatic N) is 1. The fourth-order valence-corrected chi connectivity index (χ4v) is 2.41. The van der Waals surface area contributed by atoms with Crippen LogP contribution in [0.4, 0.5) is 0 Å². The Morgan fingerprint density at radius 1 is 1.29 bits per heavy atom. The molecule has 1 aliphatic rings. The first-order chi connectivity index (χ1) is 7.97. The maximum atomic E-state index is 12.0. The van der Waals surface area contributed by atoms with E-state index < -0.39 is 5.54 Å². The minimum absolute atomic E-state index is 0.0126. The van der Waals surface area contributed by atoms with E-state index in [2.05, 4.69) is 0 Å². The van der Waals surface area contributed by atoms with Crippen LogP contribution in [-0.2, 0) is 4.79 Å². The van der Waals surface area contributed by atoms with Crippen LogP contribution in [0.3, 0.4) is 0 Å². The highest BCUT2D eigenvalue weighted by molar-refractivity contribution is 5.76. The Labute approximate surface area is 105 Å². The van der Waals surface area contributed by atoms with Crippen LogP contribution in [0.25, 0.3) is 0 Å². The lowest BCUT2D eigenvalue weighted by Crippen LogP contribution is -2.47. The molecule has 0 heterocycles. The highest BCUT2D eigenvalue weighted by atomic mass is 16.3. The summed E-state index contributed by atoms with van der Waals surface area (Å²) >= 11 is 0. The lowest BCUT2D eigenvalue weighted by Gasteiger charge is -2.34. The summed E-state index contributed by atoms with van der Waals surface area (Å²) in [6, 6.07) is 0. The molecule has 0 aromatic heterocycles. The molecule has 0 spiro atoms. The third kappa shape index (κ3) is 4.30. The first kappa shape index (κ1) is 14.5. The molecule has 0 bridgehead atoms. The van der Waals surface area contributed by atoms with Crippen LogP contribution < -0.4 is 0 Å². The van der Waals surface area contributed by atoms with E-state index in [0.717, 1.165) is 12.3 Å². The van der Waals surface area contributed by atoms with E-state index in [9.17, 15) is 9.90 Å². The van der Waals surface area contributed by atoms with Gasteiger partial charge in [0, 0.05) is 13.5 Å². The van der Waals surface area contributed by atoms with Crippen molar-refractivity contribution in [1.82, 2.24) is 4.90 Å². The smallest absolute Gasteiger partial charge is 0.222 e. The highest BCUT2D eigenvalue weighted by Crippen LogP contribution is 2.27. The molecule has 0 aromatic rings. The average molecular weight is 241 g/mol. The van der Waals surface area contributed by atoms with Gasteiger partial charge in [-0.1, -0.05) is 32.1 Å². The van der Waals surface area contributed by atoms with Gasteiger partial charge in [0.2, 0.25) is 5.91 Å². The zero-order chi connectivity index (χ0) is 12.9. The molecule has 3 heteroatoms. The molecule has 1 aliphatic carbocycles. The lowest BCUT2D eigenvalue weighted by atomic mass is 9.86. The van der Waals surface area contributed by atoms with Crippen LogP contribution in [0.1, 0.15) is 58.8 Å². The van der Waals surface area contributed by atoms with Gasteiger partial charge in [0.25, 0.3) is 0 Å². The summed E-state index contributed by atoms with van der Waals surface area (Å²) in [7, 11) is 1.79. The predicted molar refractivity (Wildman–Crippen MR) is 69.7 cm³/mol. The predicted octanol–water partition coefficient (Wildman–Crippen LogP) is 2.58. The van der Waals surface area contributed by atoms with Crippen LogP contribution in [-0.4, -0.2) is 35.1 Å². The van der Waals surface area contributed by atoms with Gasteiger partial charge < -0.3 is 10.0 Å². The maximum Gasteiger partial charge on any atom is 0.222 e. The van der Waals surface area contributed by atoms with Crippen molar-refractivity contribution in [2.24, 2.45) is 5.92 Å². The molecule has 3 nitrogen and oxygen atoms in total. The average Bonchev–Trinajstić information content (AvgIpc) is 2.36. The monoisotopic (exact) mass is 241 g/mol. The van der Waals surface area contributed by atoms with E-state index in [1.54, 1.807) is 11.9 Å². The second-order valence-electron chi connectivity index (χ2n) is 5.97. The molecule has 1 amide bonds. The Kier molecular flexibility index (Phi) is 5.44. The number of rotatable bonds is 5. The summed E-state index contributed by atoms with van der Waals surface area (Å²) in [5.74, 6) is 0.910. The molecule has 100 valence electrons. The van der Waals surface area contributed by atoms with Crippen LogP contribution in [0.2, 0.25) is 0 Å². The summed E-state index contributed by atoms with van der Waals surface area (Å²) in [4.78, 5) is 13.7. The first-order valence-corrected chi connectivity index (χ1v) is 6.85. The Morgan fingerprint density at radius 2 is 1.88 bits per heavy atom. The fraction of sp³-hybridized carbons (Fsp3) is 0.929. The number of hydrogen-bond acceptors (Lipinski definition) is 2. The van der Waals surface area contributed by atoms with Gasteiger partial charge in [0.05, 0.1) is 12.1 Å². The van der Waals surface area contributed by atoms with Crippen molar-refractivity contribution >= 4 is 5.91 Å². The number of amides is 1. The number of aliphatic hydroxyl groups is 1. The maximum absolute atomic E-state index is 12.0. The molecule has 1 N–H and O–H groups in total. The Bertz CT molecular complexity index is 245. The highest BCUT2D eigenvalue weighted by Gasteiger charge is 2.27. The fourth-order valence-electron chi connectivity index (χ4n) is 2.41. The summed E-state index contributed by atoms with van der Waals surface area (Å²) < 4.78 is 0. The molecule has 0 aromatic carbocycles. The van der Waals surface area contributed by atoms with Gasteiger partial charge >= 0.3 is 0 Å². The van der Waals surface area contributed by atoms with Gasteiger partial charge in [-0.2, -0.15) is 0 Å². The normalized spacial score (nSPS) is 18.1. The van der Waals surface area contributed by atoms with Gasteiger partial charge in [-0.15, -0.1) is 0 Å². The van der Waals surface area contributed by atoms with E-state index in [0.29, 0.717) is 6.42 Å². The molecule has 0 radical (unpaired) electrons. The van der Waals surface area contributed by atoms with E-state index >= 15 is 0 Å². The van der Waals surface area contributed by atoms with Gasteiger partial charge in [-0.25, -0.2) is 0 Å². The van der Waals surface area contributed by atoms with E-state index in [1.807, 2.05) is 13.8 Å². The molecule has 0 aliphatic heterocycles. The largest absolute Gasteiger partial charge is 0.394 e. The van der Waals surface area contributed by atoms with E-state index in [4.69, 9.17) is 0 Å². The SMILES string of the molecule is CN(C(=O)CCC1CCCCC1)C(C)(C)CO. The van der Waals surface area contributed by atoms with Crippen molar-refractivity contribution in [2.75, 3.05) is 13.7 Å². The zero-order valence-corrected chi connectivity index (χ0v) is 11.5. The Hall–Kier alpha value is -0.570. The number of carbonyl (C=O) groups is 1. The standard InChI is InChI=1S/C14H27NO2/c1-14(2,11-16)15(3)13(17)10-9-12-7-5-4-6-8-12/h12,16H,4-11H2,1-3H3. The summed E-state index contributed by atoms with van der Waals surface area (Å²) in [5.41, 5.74) is -0.441. The number of carbonyl (C=O) groups excluding carboxylic acids is 1. The van der Waals surface area contributed by atoms with Gasteiger partial charge in [-0.3, -0.25) is 4.79 Å². The second-order valence-corrected chi connectivity index (χ2v) is 5.97. The third-order valence-corrected chi connectivity index (χ3v) is 4.16. The van der Waals surface area contributed by atoms with E-state index in [1.165, 1.54) is 32.1 Å². The number of likely N-dealkylation sites (N-methyl/N-ethyl adjacent to an activating group) is 1. The van der Waals surface area contributed by atoms with Crippen LogP contribution in [0, 0.1) is 5.92 Å². The van der Waals surface area contributed by atoms with Crippen molar-refractivity contribution in [3.05, 3.63) is 0 Å². The molecule has 0 saturated heterocycles. The van der Waals surface area contributed by atoms with Crippen molar-refractivity contribution in [3.63, 3.8) is 0 Å². The van der Waals surface area contributed by atoms with Gasteiger partial charge in [-0.05, 0) is 26.2 Å². The topological polar surface area (TPSA) is 40.5 Å². The number of hydrogen-bond donors (Lipinski definition) is 1. The molecule has 0 unspecified atom stereocenters. The first-order valence-electron chi connectivity index (χ1n) is 6.85. The summed E-state index contributed by atoms with van der Waals surface area (Å²) in [6.07, 6.45) is 8.26. The quantitative estimate of drug-likeness (QED) is 0.803. The Morgan fingerprint density at radius 3 is 2.41 bits per heavy atom. The Balaban J connectivity index is 2.33. The van der Waals surface area contributed by atoms with Crippen molar-refractivity contribution < 1.29 is 9.90 Å². The van der Waals surface area contributed by atoms with Crippen molar-refractivity contribution in [2.45, 2.75) is 64.3 Å². The van der Waals surface area contributed by atoms with Crippen molar-refractivity contribution in [3.8, 4) is 0 Å². The van der Waals surface area contributed by atoms with Crippen LogP contribution >= 0.6 is 0 Å². The van der Waals surface area contributed by atoms with Gasteiger partial charge in [0.1, 0.15) is 0 Å². The summed E-state index contributed by atoms with van der Waals surface area (Å²) in [5, 5.41) is 9.24. The van der Waals surface area contributed by atoms with Crippen LogP contribution in [0.5, 0.6) is 0 Å². The zero-order valence-electron chi connectivity index (χ0n) is 11.5. The molecule has 17 heavy (non-hydrogen) atoms. The molecule has 1 saturated carbocycles. The minimum Gasteiger partial charge on any atom is -0.394 e. The molecule has 0 atom stereocenters. The van der Waals surface area contributed by atoms with Gasteiger partial charge in [0.15, 0.2) is 0 Å². The molecular formula is C14H27NO2. The minimum atomic E-state index is -0.441. The van der Waals surface area contributed by atoms with E-state index in [-0.39, 0.29) is 12.5 Å². The van der Waals surface area contributed by atoms with Crippen molar-refractivity contribution in [1.29, 1.82) is 0 Å². The van der Waals surface area contributed by atoms with Crippen LogP contribution in [0.15, 0.2) is 0 Å². The third-order valence-electron chi connectivity index (χ3n) is 4.16. The number of aliphatic hydroxyl groups excluding tert-OH is 1. The lowest BCUT2D eigenvalue weighted by molar-refractivity contribution is -0.136. The second kappa shape index (κ2) is 6.39. The summed E-state index contributed by atoms with van der Waals surface area (Å²) in [6.45, 7) is 3.80. The molecular weight excluding hydrogens is 214 g/mol.